The van der Waals surface area contributed by atoms with Gasteiger partial charge < -0.3 is 10.1 Å². The fraction of sp³-hybridized carbons (Fsp3) is 0.278. The second-order valence-electron chi connectivity index (χ2n) is 5.06. The molecule has 0 saturated carbocycles. The summed E-state index contributed by atoms with van der Waals surface area (Å²) in [7, 11) is 0. The van der Waals surface area contributed by atoms with Crippen molar-refractivity contribution in [3.05, 3.63) is 65.2 Å². The van der Waals surface area contributed by atoms with Crippen LogP contribution < -0.4 is 5.32 Å². The molecule has 3 nitrogen and oxygen atoms in total. The summed E-state index contributed by atoms with van der Waals surface area (Å²) < 4.78 is 5.21. The molecule has 0 amide bonds. The first-order valence-electron chi connectivity index (χ1n) is 7.17. The van der Waals surface area contributed by atoms with Gasteiger partial charge in [0, 0.05) is 5.69 Å². The summed E-state index contributed by atoms with van der Waals surface area (Å²) >= 11 is 0. The van der Waals surface area contributed by atoms with E-state index in [2.05, 4.69) is 5.32 Å². The van der Waals surface area contributed by atoms with Crippen LogP contribution in [0.1, 0.15) is 29.7 Å². The number of hydrogen-bond donors (Lipinski definition) is 1. The highest BCUT2D eigenvalue weighted by molar-refractivity contribution is 5.81. The van der Waals surface area contributed by atoms with Crippen LogP contribution >= 0.6 is 0 Å². The Morgan fingerprint density at radius 1 is 1.14 bits per heavy atom. The van der Waals surface area contributed by atoms with E-state index in [1.54, 1.807) is 0 Å². The van der Waals surface area contributed by atoms with Crippen molar-refractivity contribution in [3.8, 4) is 0 Å². The van der Waals surface area contributed by atoms with Gasteiger partial charge in [0.25, 0.3) is 0 Å². The third kappa shape index (κ3) is 3.85. The highest BCUT2D eigenvalue weighted by atomic mass is 16.5. The average Bonchev–Trinajstić information content (AvgIpc) is 2.46. The van der Waals surface area contributed by atoms with Crippen molar-refractivity contribution in [2.45, 2.75) is 26.8 Å². The number of rotatable bonds is 5. The minimum absolute atomic E-state index is 0.258. The Hall–Kier alpha value is -2.29. The average molecular weight is 283 g/mol. The van der Waals surface area contributed by atoms with Crippen molar-refractivity contribution in [1.82, 2.24) is 0 Å². The monoisotopic (exact) mass is 283 g/mol. The molecule has 2 rings (SSSR count). The van der Waals surface area contributed by atoms with Crippen LogP contribution in [0.2, 0.25) is 0 Å². The van der Waals surface area contributed by atoms with E-state index in [0.717, 1.165) is 22.4 Å². The molecule has 0 radical (unpaired) electrons. The molecule has 2 aromatic rings. The van der Waals surface area contributed by atoms with Crippen molar-refractivity contribution in [3.63, 3.8) is 0 Å². The Morgan fingerprint density at radius 2 is 1.90 bits per heavy atom. The number of esters is 1. The van der Waals surface area contributed by atoms with E-state index in [4.69, 9.17) is 4.74 Å². The van der Waals surface area contributed by atoms with E-state index >= 15 is 0 Å². The smallest absolute Gasteiger partial charge is 0.333 e. The van der Waals surface area contributed by atoms with E-state index in [1.807, 2.05) is 69.3 Å². The van der Waals surface area contributed by atoms with Crippen LogP contribution in [-0.4, -0.2) is 12.6 Å². The maximum Gasteiger partial charge on any atom is 0.333 e. The van der Waals surface area contributed by atoms with E-state index in [1.165, 1.54) is 0 Å². The summed E-state index contributed by atoms with van der Waals surface area (Å²) in [6, 6.07) is 15.3. The molecular weight excluding hydrogens is 262 g/mol. The van der Waals surface area contributed by atoms with E-state index < -0.39 is 6.04 Å². The van der Waals surface area contributed by atoms with Gasteiger partial charge in [-0.15, -0.1) is 0 Å². The van der Waals surface area contributed by atoms with Gasteiger partial charge in [0.05, 0.1) is 6.61 Å². The molecule has 0 aromatic heterocycles. The number of para-hydroxylation sites is 1. The Bertz CT molecular complexity index is 622. The third-order valence-electron chi connectivity index (χ3n) is 3.34. The molecular formula is C18H21NO2. The van der Waals surface area contributed by atoms with E-state index in [0.29, 0.717) is 6.61 Å². The molecule has 0 bridgehead atoms. The molecule has 0 fully saturated rings. The first-order valence-corrected chi connectivity index (χ1v) is 7.17. The molecule has 0 aliphatic heterocycles. The number of nitrogens with one attached hydrogen (secondary N) is 1. The van der Waals surface area contributed by atoms with Crippen molar-refractivity contribution in [1.29, 1.82) is 0 Å². The third-order valence-corrected chi connectivity index (χ3v) is 3.34. The number of anilines is 1. The van der Waals surface area contributed by atoms with Gasteiger partial charge in [0.2, 0.25) is 0 Å². The summed E-state index contributed by atoms with van der Waals surface area (Å²) in [6.07, 6.45) is 0. The zero-order valence-electron chi connectivity index (χ0n) is 12.7. The van der Waals surface area contributed by atoms with Crippen LogP contribution in [0.5, 0.6) is 0 Å². The molecule has 1 N–H and O–H groups in total. The van der Waals surface area contributed by atoms with Crippen LogP contribution in [0.4, 0.5) is 5.69 Å². The Morgan fingerprint density at radius 3 is 2.57 bits per heavy atom. The van der Waals surface area contributed by atoms with Gasteiger partial charge in [-0.05, 0) is 38.0 Å². The fourth-order valence-electron chi connectivity index (χ4n) is 2.24. The Balaban J connectivity index is 2.33. The van der Waals surface area contributed by atoms with Gasteiger partial charge >= 0.3 is 5.97 Å². The normalized spacial score (nSPS) is 11.8. The lowest BCUT2D eigenvalue weighted by Crippen LogP contribution is -2.23. The molecule has 0 spiro atoms. The number of ether oxygens (including phenoxy) is 1. The number of aryl methyl sites for hydroxylation is 2. The summed E-state index contributed by atoms with van der Waals surface area (Å²) in [5, 5.41) is 3.30. The van der Waals surface area contributed by atoms with Crippen LogP contribution in [0.15, 0.2) is 48.5 Å². The Kier molecular flexibility index (Phi) is 4.99. The molecule has 2 aromatic carbocycles. The topological polar surface area (TPSA) is 38.3 Å². The summed E-state index contributed by atoms with van der Waals surface area (Å²) in [5.74, 6) is -0.258. The highest BCUT2D eigenvalue weighted by Crippen LogP contribution is 2.24. The van der Waals surface area contributed by atoms with E-state index in [-0.39, 0.29) is 5.97 Å². The summed E-state index contributed by atoms with van der Waals surface area (Å²) in [4.78, 5) is 12.3. The van der Waals surface area contributed by atoms with Gasteiger partial charge in [-0.25, -0.2) is 4.79 Å². The standard InChI is InChI=1S/C18H21NO2/c1-4-21-18(20)17(15-10-7-8-13(2)12-15)19-16-11-6-5-9-14(16)3/h5-12,17,19H,4H2,1-3H3. The fourth-order valence-corrected chi connectivity index (χ4v) is 2.24. The molecule has 3 heteroatoms. The summed E-state index contributed by atoms with van der Waals surface area (Å²) in [6.45, 7) is 6.22. The molecule has 110 valence electrons. The largest absolute Gasteiger partial charge is 0.464 e. The minimum Gasteiger partial charge on any atom is -0.464 e. The lowest BCUT2D eigenvalue weighted by Gasteiger charge is -2.20. The van der Waals surface area contributed by atoms with Crippen LogP contribution in [0.25, 0.3) is 0 Å². The minimum atomic E-state index is -0.494. The number of benzene rings is 2. The number of hydrogen-bond acceptors (Lipinski definition) is 3. The van der Waals surface area contributed by atoms with E-state index in [9.17, 15) is 4.79 Å². The van der Waals surface area contributed by atoms with Crippen molar-refractivity contribution in [2.24, 2.45) is 0 Å². The van der Waals surface area contributed by atoms with Gasteiger partial charge in [-0.3, -0.25) is 0 Å². The van der Waals surface area contributed by atoms with Crippen LogP contribution in [0.3, 0.4) is 0 Å². The highest BCUT2D eigenvalue weighted by Gasteiger charge is 2.22. The summed E-state index contributed by atoms with van der Waals surface area (Å²) in [5.41, 5.74) is 4.07. The second-order valence-corrected chi connectivity index (χ2v) is 5.06. The maximum atomic E-state index is 12.3. The first-order chi connectivity index (χ1) is 10.1. The molecule has 21 heavy (non-hydrogen) atoms. The van der Waals surface area contributed by atoms with Gasteiger partial charge in [0.15, 0.2) is 6.04 Å². The molecule has 0 aliphatic rings. The van der Waals surface area contributed by atoms with Crippen molar-refractivity contribution >= 4 is 11.7 Å². The number of carbonyl (C=O) groups is 1. The van der Waals surface area contributed by atoms with Gasteiger partial charge in [-0.1, -0.05) is 48.0 Å². The molecule has 0 heterocycles. The lowest BCUT2D eigenvalue weighted by atomic mass is 10.0. The Labute approximate surface area is 126 Å². The lowest BCUT2D eigenvalue weighted by molar-refractivity contribution is -0.144. The zero-order valence-corrected chi connectivity index (χ0v) is 12.7. The van der Waals surface area contributed by atoms with Gasteiger partial charge in [0.1, 0.15) is 0 Å². The zero-order chi connectivity index (χ0) is 15.2. The van der Waals surface area contributed by atoms with Crippen LogP contribution in [-0.2, 0) is 9.53 Å². The number of carbonyl (C=O) groups excluding carboxylic acids is 1. The quantitative estimate of drug-likeness (QED) is 0.842. The van der Waals surface area contributed by atoms with Crippen molar-refractivity contribution in [2.75, 3.05) is 11.9 Å². The first kappa shape index (κ1) is 15.1. The predicted molar refractivity (Wildman–Crippen MR) is 85.4 cm³/mol. The second kappa shape index (κ2) is 6.93. The molecule has 1 atom stereocenters. The molecule has 0 saturated heterocycles. The van der Waals surface area contributed by atoms with Crippen LogP contribution in [0, 0.1) is 13.8 Å². The molecule has 0 aliphatic carbocycles. The van der Waals surface area contributed by atoms with Crippen molar-refractivity contribution < 1.29 is 9.53 Å². The maximum absolute atomic E-state index is 12.3. The molecule has 1 unspecified atom stereocenters. The van der Waals surface area contributed by atoms with Gasteiger partial charge in [-0.2, -0.15) is 0 Å². The SMILES string of the molecule is CCOC(=O)C(Nc1ccccc1C)c1cccc(C)c1. The predicted octanol–water partition coefficient (Wildman–Crippen LogP) is 4.02.